The summed E-state index contributed by atoms with van der Waals surface area (Å²) >= 11 is 1.24. The Morgan fingerprint density at radius 3 is 2.67 bits per heavy atom. The third-order valence-corrected chi connectivity index (χ3v) is 3.98. The molecule has 128 valence electrons. The van der Waals surface area contributed by atoms with E-state index in [0.717, 1.165) is 0 Å². The molecule has 0 saturated carbocycles. The molecular formula is C16H18FN3O3S. The van der Waals surface area contributed by atoms with Gasteiger partial charge in [0.25, 0.3) is 5.91 Å². The molecule has 0 aliphatic heterocycles. The molecule has 2 amide bonds. The van der Waals surface area contributed by atoms with Crippen LogP contribution in [0.3, 0.4) is 0 Å². The summed E-state index contributed by atoms with van der Waals surface area (Å²) in [7, 11) is 1.77. The fraction of sp³-hybridized carbons (Fsp3) is 0.250. The highest BCUT2D eigenvalue weighted by atomic mass is 32.1. The first kappa shape index (κ1) is 17.9. The Morgan fingerprint density at radius 1 is 1.29 bits per heavy atom. The second kappa shape index (κ2) is 8.42. The van der Waals surface area contributed by atoms with Gasteiger partial charge >= 0.3 is 0 Å². The summed E-state index contributed by atoms with van der Waals surface area (Å²) in [6, 6.07) is 7.31. The van der Waals surface area contributed by atoms with Gasteiger partial charge in [0.2, 0.25) is 5.91 Å². The molecule has 0 saturated heterocycles. The molecule has 1 aromatic heterocycles. The molecule has 0 spiro atoms. The number of nitrogens with one attached hydrogen (secondary N) is 1. The number of hydrogen-bond acceptors (Lipinski definition) is 5. The van der Waals surface area contributed by atoms with Crippen molar-refractivity contribution < 1.29 is 18.7 Å². The van der Waals surface area contributed by atoms with Crippen LogP contribution in [0.15, 0.2) is 35.7 Å². The first-order chi connectivity index (χ1) is 11.5. The number of primary amides is 1. The van der Waals surface area contributed by atoms with Crippen molar-refractivity contribution in [1.29, 1.82) is 0 Å². The Bertz CT molecular complexity index is 703. The van der Waals surface area contributed by atoms with E-state index in [1.165, 1.54) is 23.5 Å². The van der Waals surface area contributed by atoms with Crippen LogP contribution in [0, 0.1) is 5.82 Å². The van der Waals surface area contributed by atoms with Crippen LogP contribution in [0.1, 0.15) is 10.4 Å². The van der Waals surface area contributed by atoms with Crippen LogP contribution in [0.5, 0.6) is 5.75 Å². The number of ether oxygens (including phenoxy) is 1. The van der Waals surface area contributed by atoms with Gasteiger partial charge in [-0.05, 0) is 42.8 Å². The molecule has 1 heterocycles. The van der Waals surface area contributed by atoms with Crippen LogP contribution in [-0.4, -0.2) is 43.5 Å². The molecule has 6 nitrogen and oxygen atoms in total. The van der Waals surface area contributed by atoms with E-state index in [2.05, 4.69) is 5.32 Å². The summed E-state index contributed by atoms with van der Waals surface area (Å²) in [4.78, 5) is 25.0. The van der Waals surface area contributed by atoms with Gasteiger partial charge in [-0.3, -0.25) is 14.5 Å². The normalized spacial score (nSPS) is 10.6. The molecule has 0 atom stereocenters. The van der Waals surface area contributed by atoms with E-state index in [-0.39, 0.29) is 18.3 Å². The number of carbonyl (C=O) groups excluding carboxylic acids is 2. The minimum Gasteiger partial charge on any atom is -0.492 e. The molecule has 1 aromatic carbocycles. The molecule has 2 aromatic rings. The Labute approximate surface area is 143 Å². The molecular weight excluding hydrogens is 333 g/mol. The van der Waals surface area contributed by atoms with Gasteiger partial charge < -0.3 is 15.8 Å². The van der Waals surface area contributed by atoms with Crippen LogP contribution >= 0.6 is 11.3 Å². The number of hydrogen-bond donors (Lipinski definition) is 2. The average Bonchev–Trinajstić information content (AvgIpc) is 2.97. The summed E-state index contributed by atoms with van der Waals surface area (Å²) in [5.74, 6) is -0.573. The summed E-state index contributed by atoms with van der Waals surface area (Å²) < 4.78 is 18.2. The lowest BCUT2D eigenvalue weighted by Gasteiger charge is -2.16. The Kier molecular flexibility index (Phi) is 6.28. The number of amides is 2. The summed E-state index contributed by atoms with van der Waals surface area (Å²) in [5.41, 5.74) is 5.53. The predicted molar refractivity (Wildman–Crippen MR) is 90.9 cm³/mol. The van der Waals surface area contributed by atoms with Crippen LogP contribution in [0.25, 0.3) is 0 Å². The highest BCUT2D eigenvalue weighted by molar-refractivity contribution is 7.14. The molecule has 0 unspecified atom stereocenters. The summed E-state index contributed by atoms with van der Waals surface area (Å²) in [6.45, 7) is 1.02. The Morgan fingerprint density at radius 2 is 2.00 bits per heavy atom. The minimum absolute atomic E-state index is 0.142. The van der Waals surface area contributed by atoms with Gasteiger partial charge in [-0.15, -0.1) is 11.3 Å². The van der Waals surface area contributed by atoms with Crippen LogP contribution in [-0.2, 0) is 4.79 Å². The van der Waals surface area contributed by atoms with Gasteiger partial charge in [0.05, 0.1) is 12.1 Å². The summed E-state index contributed by atoms with van der Waals surface area (Å²) in [5, 5.41) is 4.81. The lowest BCUT2D eigenvalue weighted by Crippen LogP contribution is -2.33. The van der Waals surface area contributed by atoms with E-state index in [0.29, 0.717) is 29.5 Å². The molecule has 0 aliphatic rings. The number of halogens is 1. The van der Waals surface area contributed by atoms with Gasteiger partial charge in [-0.25, -0.2) is 4.39 Å². The number of nitrogens with zero attached hydrogens (tertiary/aromatic N) is 1. The van der Waals surface area contributed by atoms with E-state index >= 15 is 0 Å². The molecule has 0 aliphatic carbocycles. The highest BCUT2D eigenvalue weighted by Crippen LogP contribution is 2.22. The Hall–Kier alpha value is -2.45. The smallest absolute Gasteiger partial charge is 0.251 e. The van der Waals surface area contributed by atoms with Gasteiger partial charge in [0.15, 0.2) is 0 Å². The lowest BCUT2D eigenvalue weighted by atomic mass is 10.3. The zero-order chi connectivity index (χ0) is 17.5. The maximum Gasteiger partial charge on any atom is 0.251 e. The molecule has 0 bridgehead atoms. The molecule has 2 rings (SSSR count). The number of carbonyl (C=O) groups is 2. The quantitative estimate of drug-likeness (QED) is 0.761. The van der Waals surface area contributed by atoms with E-state index < -0.39 is 5.91 Å². The first-order valence-electron chi connectivity index (χ1n) is 7.20. The van der Waals surface area contributed by atoms with Crippen molar-refractivity contribution in [1.82, 2.24) is 4.90 Å². The lowest BCUT2D eigenvalue weighted by molar-refractivity contribution is -0.117. The standard InChI is InChI=1S/C16H18FN3O3S/c1-20(7-8-23-12-4-2-11(17)3-5-12)10-14(21)19-16-13(15(18)22)6-9-24-16/h2-6,9H,7-8,10H2,1H3,(H2,18,22)(H,19,21). The Balaban J connectivity index is 1.74. The van der Waals surface area contributed by atoms with Crippen molar-refractivity contribution in [2.45, 2.75) is 0 Å². The fourth-order valence-corrected chi connectivity index (χ4v) is 2.75. The van der Waals surface area contributed by atoms with Crippen molar-refractivity contribution in [3.8, 4) is 5.75 Å². The van der Waals surface area contributed by atoms with Gasteiger partial charge in [-0.1, -0.05) is 0 Å². The summed E-state index contributed by atoms with van der Waals surface area (Å²) in [6.07, 6.45) is 0. The number of rotatable bonds is 8. The van der Waals surface area contributed by atoms with Crippen molar-refractivity contribution >= 4 is 28.2 Å². The van der Waals surface area contributed by atoms with Crippen LogP contribution in [0.4, 0.5) is 9.39 Å². The van der Waals surface area contributed by atoms with Gasteiger partial charge in [0.1, 0.15) is 23.2 Å². The molecule has 0 radical (unpaired) electrons. The van der Waals surface area contributed by atoms with Crippen molar-refractivity contribution in [2.24, 2.45) is 5.73 Å². The molecule has 3 N–H and O–H groups in total. The van der Waals surface area contributed by atoms with Crippen molar-refractivity contribution in [3.05, 3.63) is 47.1 Å². The number of anilines is 1. The average molecular weight is 351 g/mol. The van der Waals surface area contributed by atoms with Gasteiger partial charge in [-0.2, -0.15) is 0 Å². The second-order valence-electron chi connectivity index (χ2n) is 5.12. The number of thiophene rings is 1. The fourth-order valence-electron chi connectivity index (χ4n) is 1.94. The second-order valence-corrected chi connectivity index (χ2v) is 6.03. The SMILES string of the molecule is CN(CCOc1ccc(F)cc1)CC(=O)Nc1sccc1C(N)=O. The number of nitrogens with two attached hydrogens (primary N) is 1. The minimum atomic E-state index is -0.576. The zero-order valence-corrected chi connectivity index (χ0v) is 13.9. The zero-order valence-electron chi connectivity index (χ0n) is 13.1. The van der Waals surface area contributed by atoms with Crippen molar-refractivity contribution in [2.75, 3.05) is 32.1 Å². The largest absolute Gasteiger partial charge is 0.492 e. The molecule has 24 heavy (non-hydrogen) atoms. The van der Waals surface area contributed by atoms with Crippen LogP contribution < -0.4 is 15.8 Å². The highest BCUT2D eigenvalue weighted by Gasteiger charge is 2.13. The van der Waals surface area contributed by atoms with Crippen molar-refractivity contribution in [3.63, 3.8) is 0 Å². The van der Waals surface area contributed by atoms with Crippen LogP contribution in [0.2, 0.25) is 0 Å². The monoisotopic (exact) mass is 351 g/mol. The maximum atomic E-state index is 12.8. The number of benzene rings is 1. The predicted octanol–water partition coefficient (Wildman–Crippen LogP) is 1.94. The van der Waals surface area contributed by atoms with E-state index in [9.17, 15) is 14.0 Å². The van der Waals surface area contributed by atoms with E-state index in [1.54, 1.807) is 35.5 Å². The van der Waals surface area contributed by atoms with E-state index in [1.807, 2.05) is 0 Å². The van der Waals surface area contributed by atoms with Gasteiger partial charge in [0, 0.05) is 6.54 Å². The molecule has 8 heteroatoms. The topological polar surface area (TPSA) is 84.7 Å². The van der Waals surface area contributed by atoms with E-state index in [4.69, 9.17) is 10.5 Å². The first-order valence-corrected chi connectivity index (χ1v) is 8.07. The third-order valence-electron chi connectivity index (χ3n) is 3.15. The third kappa shape index (κ3) is 5.32. The maximum absolute atomic E-state index is 12.8. The molecule has 0 fully saturated rings. The number of likely N-dealkylation sites (N-methyl/N-ethyl adjacent to an activating group) is 1.